The molecule has 0 unspecified atom stereocenters. The minimum Gasteiger partial charge on any atom is -0.457 e. The first-order valence-corrected chi connectivity index (χ1v) is 6.34. The molecule has 0 aliphatic carbocycles. The van der Waals surface area contributed by atoms with E-state index >= 15 is 0 Å². The Morgan fingerprint density at radius 3 is 2.78 bits per heavy atom. The van der Waals surface area contributed by atoms with Crippen molar-refractivity contribution in [3.8, 4) is 0 Å². The molecule has 0 fully saturated rings. The fourth-order valence-electron chi connectivity index (χ4n) is 2.17. The molecule has 0 radical (unpaired) electrons. The van der Waals surface area contributed by atoms with E-state index in [1.54, 1.807) is 11.0 Å². The van der Waals surface area contributed by atoms with Gasteiger partial charge in [-0.25, -0.2) is 0 Å². The maximum atomic E-state index is 12.3. The van der Waals surface area contributed by atoms with Crippen LogP contribution < -0.4 is 5.73 Å². The van der Waals surface area contributed by atoms with Crippen LogP contribution in [0.5, 0.6) is 0 Å². The van der Waals surface area contributed by atoms with Gasteiger partial charge in [0.2, 0.25) is 0 Å². The van der Waals surface area contributed by atoms with Crippen molar-refractivity contribution in [2.45, 2.75) is 13.1 Å². The van der Waals surface area contributed by atoms with Gasteiger partial charge in [0.25, 0.3) is 5.91 Å². The number of carbonyl (C=O) groups is 1. The standard InChI is InChI=1S/C13H11BrN2O2/c14-12-11(3-4-18-12)13(17)16-6-8-1-2-10(15)5-9(8)7-16/h1-5H,6-7,15H2. The van der Waals surface area contributed by atoms with Gasteiger partial charge in [-0.2, -0.15) is 0 Å². The normalized spacial score (nSPS) is 13.7. The quantitative estimate of drug-likeness (QED) is 0.824. The van der Waals surface area contributed by atoms with Crippen molar-refractivity contribution in [2.75, 3.05) is 5.73 Å². The van der Waals surface area contributed by atoms with Crippen molar-refractivity contribution in [1.29, 1.82) is 0 Å². The molecule has 2 aromatic rings. The lowest BCUT2D eigenvalue weighted by molar-refractivity contribution is 0.0749. The molecule has 2 N–H and O–H groups in total. The first-order chi connectivity index (χ1) is 8.65. The smallest absolute Gasteiger partial charge is 0.258 e. The number of anilines is 1. The van der Waals surface area contributed by atoms with Crippen LogP contribution in [0.15, 0.2) is 39.6 Å². The summed E-state index contributed by atoms with van der Waals surface area (Å²) < 4.78 is 5.57. The number of fused-ring (bicyclic) bond motifs is 1. The van der Waals surface area contributed by atoms with Gasteiger partial charge in [-0.15, -0.1) is 0 Å². The molecule has 1 aliphatic rings. The van der Waals surface area contributed by atoms with E-state index in [9.17, 15) is 4.79 Å². The van der Waals surface area contributed by atoms with Crippen LogP contribution >= 0.6 is 15.9 Å². The SMILES string of the molecule is Nc1ccc2c(c1)CN(C(=O)c1ccoc1Br)C2. The Morgan fingerprint density at radius 2 is 2.06 bits per heavy atom. The second kappa shape index (κ2) is 4.17. The number of hydrogen-bond acceptors (Lipinski definition) is 3. The van der Waals surface area contributed by atoms with Gasteiger partial charge in [0, 0.05) is 18.8 Å². The van der Waals surface area contributed by atoms with Gasteiger partial charge < -0.3 is 15.1 Å². The van der Waals surface area contributed by atoms with Crippen LogP contribution in [0.3, 0.4) is 0 Å². The van der Waals surface area contributed by atoms with Crippen molar-refractivity contribution in [3.05, 3.63) is 51.9 Å². The molecule has 1 aromatic heterocycles. The minimum absolute atomic E-state index is 0.0367. The number of rotatable bonds is 1. The van der Waals surface area contributed by atoms with Crippen molar-refractivity contribution >= 4 is 27.5 Å². The molecular formula is C13H11BrN2O2. The van der Waals surface area contributed by atoms with E-state index in [1.165, 1.54) is 6.26 Å². The second-order valence-electron chi connectivity index (χ2n) is 4.30. The minimum atomic E-state index is -0.0367. The summed E-state index contributed by atoms with van der Waals surface area (Å²) >= 11 is 3.23. The Morgan fingerprint density at radius 1 is 1.28 bits per heavy atom. The average molecular weight is 307 g/mol. The monoisotopic (exact) mass is 306 g/mol. The summed E-state index contributed by atoms with van der Waals surface area (Å²) in [7, 11) is 0. The predicted molar refractivity (Wildman–Crippen MR) is 70.8 cm³/mol. The molecule has 3 rings (SSSR count). The third-order valence-corrected chi connectivity index (χ3v) is 3.70. The highest BCUT2D eigenvalue weighted by Gasteiger charge is 2.26. The summed E-state index contributed by atoms with van der Waals surface area (Å²) in [6.07, 6.45) is 1.50. The van der Waals surface area contributed by atoms with Crippen LogP contribution in [-0.4, -0.2) is 10.8 Å². The van der Waals surface area contributed by atoms with Crippen LogP contribution in [0.4, 0.5) is 5.69 Å². The topological polar surface area (TPSA) is 59.5 Å². The van der Waals surface area contributed by atoms with Crippen molar-refractivity contribution in [2.24, 2.45) is 0 Å². The van der Waals surface area contributed by atoms with Gasteiger partial charge in [0.05, 0.1) is 11.8 Å². The molecule has 2 heterocycles. The number of amides is 1. The van der Waals surface area contributed by atoms with Crippen LogP contribution in [0.1, 0.15) is 21.5 Å². The molecule has 0 bridgehead atoms. The zero-order valence-electron chi connectivity index (χ0n) is 9.52. The number of nitrogen functional groups attached to an aromatic ring is 1. The van der Waals surface area contributed by atoms with Crippen molar-refractivity contribution < 1.29 is 9.21 Å². The summed E-state index contributed by atoms with van der Waals surface area (Å²) in [5, 5.41) is 0. The first kappa shape index (κ1) is 11.3. The summed E-state index contributed by atoms with van der Waals surface area (Å²) in [6.45, 7) is 1.21. The van der Waals surface area contributed by atoms with Crippen LogP contribution in [0.2, 0.25) is 0 Å². The number of halogens is 1. The predicted octanol–water partition coefficient (Wildman–Crippen LogP) is 2.78. The molecular weight excluding hydrogens is 296 g/mol. The van der Waals surface area contributed by atoms with E-state index in [-0.39, 0.29) is 5.91 Å². The van der Waals surface area contributed by atoms with Crippen LogP contribution in [-0.2, 0) is 13.1 Å². The van der Waals surface area contributed by atoms with Crippen LogP contribution in [0.25, 0.3) is 0 Å². The molecule has 4 nitrogen and oxygen atoms in total. The summed E-state index contributed by atoms with van der Waals surface area (Å²) in [5.41, 5.74) is 9.29. The third kappa shape index (κ3) is 1.80. The number of nitrogens with two attached hydrogens (primary N) is 1. The van der Waals surface area contributed by atoms with Crippen molar-refractivity contribution in [3.63, 3.8) is 0 Å². The molecule has 1 amide bonds. The van der Waals surface area contributed by atoms with E-state index in [0.29, 0.717) is 23.3 Å². The molecule has 0 atom stereocenters. The maximum absolute atomic E-state index is 12.3. The average Bonchev–Trinajstić information content (AvgIpc) is 2.93. The third-order valence-electron chi connectivity index (χ3n) is 3.09. The maximum Gasteiger partial charge on any atom is 0.258 e. The zero-order valence-corrected chi connectivity index (χ0v) is 11.1. The fourth-order valence-corrected chi connectivity index (χ4v) is 2.58. The van der Waals surface area contributed by atoms with E-state index in [1.807, 2.05) is 18.2 Å². The summed E-state index contributed by atoms with van der Waals surface area (Å²) in [6, 6.07) is 7.43. The van der Waals surface area contributed by atoms with Gasteiger partial charge in [-0.3, -0.25) is 4.79 Å². The Kier molecular flexibility index (Phi) is 2.63. The number of carbonyl (C=O) groups excluding carboxylic acids is 1. The number of benzene rings is 1. The van der Waals surface area contributed by atoms with Crippen molar-refractivity contribution in [1.82, 2.24) is 4.90 Å². The molecule has 0 saturated heterocycles. The molecule has 1 aromatic carbocycles. The molecule has 92 valence electrons. The highest BCUT2D eigenvalue weighted by atomic mass is 79.9. The number of furan rings is 1. The molecule has 5 heteroatoms. The van der Waals surface area contributed by atoms with Gasteiger partial charge >= 0.3 is 0 Å². The largest absolute Gasteiger partial charge is 0.457 e. The lowest BCUT2D eigenvalue weighted by Gasteiger charge is -2.14. The second-order valence-corrected chi connectivity index (χ2v) is 5.02. The van der Waals surface area contributed by atoms with E-state index in [2.05, 4.69) is 15.9 Å². The van der Waals surface area contributed by atoms with E-state index in [4.69, 9.17) is 10.2 Å². The molecule has 0 saturated carbocycles. The number of hydrogen-bond donors (Lipinski definition) is 1. The van der Waals surface area contributed by atoms with E-state index in [0.717, 1.165) is 16.8 Å². The fraction of sp³-hybridized carbons (Fsp3) is 0.154. The highest BCUT2D eigenvalue weighted by Crippen LogP contribution is 2.28. The van der Waals surface area contributed by atoms with E-state index < -0.39 is 0 Å². The molecule has 18 heavy (non-hydrogen) atoms. The molecule has 0 spiro atoms. The van der Waals surface area contributed by atoms with Gasteiger partial charge in [-0.1, -0.05) is 6.07 Å². The Balaban J connectivity index is 1.86. The first-order valence-electron chi connectivity index (χ1n) is 5.54. The van der Waals surface area contributed by atoms with Gasteiger partial charge in [0.1, 0.15) is 0 Å². The molecule has 1 aliphatic heterocycles. The van der Waals surface area contributed by atoms with Gasteiger partial charge in [0.15, 0.2) is 4.67 Å². The Bertz CT molecular complexity index is 621. The Labute approximate surface area is 113 Å². The van der Waals surface area contributed by atoms with Gasteiger partial charge in [-0.05, 0) is 45.3 Å². The summed E-state index contributed by atoms with van der Waals surface area (Å²) in [4.78, 5) is 14.1. The van der Waals surface area contributed by atoms with Crippen LogP contribution in [0, 0.1) is 0 Å². The number of nitrogens with zero attached hydrogens (tertiary/aromatic N) is 1. The lowest BCUT2D eigenvalue weighted by atomic mass is 10.1. The zero-order chi connectivity index (χ0) is 12.7. The lowest BCUT2D eigenvalue weighted by Crippen LogP contribution is -2.25. The Hall–Kier alpha value is -1.75. The highest BCUT2D eigenvalue weighted by molar-refractivity contribution is 9.10. The summed E-state index contributed by atoms with van der Waals surface area (Å²) in [5.74, 6) is -0.0367.